The standard InChI is InChI=1S/C23H32N2O4S/c1-7-16(4)18-8-10-19(11-9-18)23(15(2)3)25-30(27,28)20-12-13-22(29-6)21(14-20)24-17(5)26/h8-16,23,25H,7H2,1-6H3,(H,24,26)/t16-,23-/m0/s1. The Kier molecular flexibility index (Phi) is 8.03. The van der Waals surface area contributed by atoms with Crippen molar-refractivity contribution in [1.29, 1.82) is 0 Å². The lowest BCUT2D eigenvalue weighted by Crippen LogP contribution is -2.32. The van der Waals surface area contributed by atoms with Crippen molar-refractivity contribution in [3.05, 3.63) is 53.6 Å². The fourth-order valence-corrected chi connectivity index (χ4v) is 4.63. The molecule has 0 aliphatic carbocycles. The highest BCUT2D eigenvalue weighted by atomic mass is 32.2. The molecular formula is C23H32N2O4S. The van der Waals surface area contributed by atoms with Gasteiger partial charge in [0.05, 0.1) is 17.7 Å². The first-order chi connectivity index (χ1) is 14.1. The molecule has 0 radical (unpaired) electrons. The summed E-state index contributed by atoms with van der Waals surface area (Å²) in [6, 6.07) is 12.1. The number of sulfonamides is 1. The van der Waals surface area contributed by atoms with Crippen LogP contribution in [0.3, 0.4) is 0 Å². The normalized spacial score (nSPS) is 13.7. The van der Waals surface area contributed by atoms with Gasteiger partial charge >= 0.3 is 0 Å². The average Bonchev–Trinajstić information content (AvgIpc) is 2.71. The second-order valence-corrected chi connectivity index (χ2v) is 9.58. The maximum atomic E-state index is 13.1. The van der Waals surface area contributed by atoms with Gasteiger partial charge in [0, 0.05) is 13.0 Å². The minimum atomic E-state index is -3.82. The van der Waals surface area contributed by atoms with Crippen LogP contribution in [0.1, 0.15) is 64.1 Å². The van der Waals surface area contributed by atoms with Gasteiger partial charge in [-0.25, -0.2) is 13.1 Å². The molecule has 0 spiro atoms. The Balaban J connectivity index is 2.35. The number of methoxy groups -OCH3 is 1. The molecule has 0 aliphatic rings. The fraction of sp³-hybridized carbons (Fsp3) is 0.435. The Hall–Kier alpha value is -2.38. The SMILES string of the molecule is CC[C@H](C)c1ccc([C@@H](NS(=O)(=O)c2ccc(OC)c(NC(C)=O)c2)C(C)C)cc1. The lowest BCUT2D eigenvalue weighted by molar-refractivity contribution is -0.114. The Morgan fingerprint density at radius 1 is 1.03 bits per heavy atom. The summed E-state index contributed by atoms with van der Waals surface area (Å²) in [7, 11) is -2.36. The van der Waals surface area contributed by atoms with Gasteiger partial charge in [-0.1, -0.05) is 52.0 Å². The average molecular weight is 433 g/mol. The van der Waals surface area contributed by atoms with Gasteiger partial charge in [-0.2, -0.15) is 0 Å². The molecular weight excluding hydrogens is 400 g/mol. The van der Waals surface area contributed by atoms with E-state index in [2.05, 4.69) is 36.0 Å². The summed E-state index contributed by atoms with van der Waals surface area (Å²) < 4.78 is 34.3. The monoisotopic (exact) mass is 432 g/mol. The van der Waals surface area contributed by atoms with Crippen LogP contribution in [-0.4, -0.2) is 21.4 Å². The molecule has 0 saturated heterocycles. The van der Waals surface area contributed by atoms with Crippen molar-refractivity contribution in [2.45, 2.75) is 57.9 Å². The van der Waals surface area contributed by atoms with Crippen LogP contribution in [0.4, 0.5) is 5.69 Å². The van der Waals surface area contributed by atoms with Crippen molar-refractivity contribution in [2.75, 3.05) is 12.4 Å². The number of ether oxygens (including phenoxy) is 1. The van der Waals surface area contributed by atoms with Gasteiger partial charge in [0.15, 0.2) is 0 Å². The van der Waals surface area contributed by atoms with E-state index in [1.807, 2.05) is 26.0 Å². The van der Waals surface area contributed by atoms with Gasteiger partial charge in [-0.05, 0) is 47.6 Å². The first-order valence-electron chi connectivity index (χ1n) is 10.2. The maximum Gasteiger partial charge on any atom is 0.241 e. The molecule has 0 heterocycles. The Morgan fingerprint density at radius 3 is 2.13 bits per heavy atom. The zero-order chi connectivity index (χ0) is 22.5. The summed E-state index contributed by atoms with van der Waals surface area (Å²) in [6.07, 6.45) is 1.05. The zero-order valence-corrected chi connectivity index (χ0v) is 19.3. The third kappa shape index (κ3) is 5.83. The summed E-state index contributed by atoms with van der Waals surface area (Å²) in [5.74, 6) is 0.587. The third-order valence-electron chi connectivity index (χ3n) is 5.22. The molecule has 7 heteroatoms. The van der Waals surface area contributed by atoms with E-state index in [1.54, 1.807) is 0 Å². The van der Waals surface area contributed by atoms with Gasteiger partial charge in [0.2, 0.25) is 15.9 Å². The molecule has 0 aliphatic heterocycles. The maximum absolute atomic E-state index is 13.1. The van der Waals surface area contributed by atoms with Crippen molar-refractivity contribution in [3.63, 3.8) is 0 Å². The van der Waals surface area contributed by atoms with Gasteiger partial charge in [-0.3, -0.25) is 4.79 Å². The summed E-state index contributed by atoms with van der Waals surface area (Å²) in [6.45, 7) is 9.64. The van der Waals surface area contributed by atoms with E-state index in [0.29, 0.717) is 17.4 Å². The molecule has 2 N–H and O–H groups in total. The Labute approximate surface area is 180 Å². The van der Waals surface area contributed by atoms with Crippen LogP contribution in [0, 0.1) is 5.92 Å². The number of carbonyl (C=O) groups is 1. The highest BCUT2D eigenvalue weighted by molar-refractivity contribution is 7.89. The molecule has 0 unspecified atom stereocenters. The predicted molar refractivity (Wildman–Crippen MR) is 120 cm³/mol. The molecule has 0 saturated carbocycles. The quantitative estimate of drug-likeness (QED) is 0.594. The van der Waals surface area contributed by atoms with E-state index in [0.717, 1.165) is 12.0 Å². The van der Waals surface area contributed by atoms with E-state index in [4.69, 9.17) is 4.74 Å². The number of benzene rings is 2. The van der Waals surface area contributed by atoms with E-state index in [1.165, 1.54) is 37.8 Å². The number of rotatable bonds is 9. The topological polar surface area (TPSA) is 84.5 Å². The van der Waals surface area contributed by atoms with E-state index >= 15 is 0 Å². The van der Waals surface area contributed by atoms with Crippen LogP contribution >= 0.6 is 0 Å². The predicted octanol–water partition coefficient (Wildman–Crippen LogP) is 4.84. The van der Waals surface area contributed by atoms with Crippen molar-refractivity contribution >= 4 is 21.6 Å². The highest BCUT2D eigenvalue weighted by Gasteiger charge is 2.25. The van der Waals surface area contributed by atoms with Gasteiger partial charge in [-0.15, -0.1) is 0 Å². The summed E-state index contributed by atoms with van der Waals surface area (Å²) in [4.78, 5) is 11.5. The molecule has 1 amide bonds. The van der Waals surface area contributed by atoms with Crippen LogP contribution < -0.4 is 14.8 Å². The van der Waals surface area contributed by atoms with Crippen molar-refractivity contribution in [2.24, 2.45) is 5.92 Å². The van der Waals surface area contributed by atoms with E-state index in [-0.39, 0.29) is 22.8 Å². The molecule has 0 fully saturated rings. The third-order valence-corrected chi connectivity index (χ3v) is 6.66. The lowest BCUT2D eigenvalue weighted by atomic mass is 9.93. The van der Waals surface area contributed by atoms with Crippen LogP contribution in [0.25, 0.3) is 0 Å². The zero-order valence-electron chi connectivity index (χ0n) is 18.5. The van der Waals surface area contributed by atoms with Crippen molar-refractivity contribution in [3.8, 4) is 5.75 Å². The second kappa shape index (κ2) is 10.1. The lowest BCUT2D eigenvalue weighted by Gasteiger charge is -2.24. The minimum absolute atomic E-state index is 0.0438. The Bertz CT molecular complexity index is 969. The molecule has 2 aromatic rings. The van der Waals surface area contributed by atoms with Crippen LogP contribution in [0.2, 0.25) is 0 Å². The molecule has 2 atom stereocenters. The smallest absolute Gasteiger partial charge is 0.241 e. The molecule has 0 bridgehead atoms. The van der Waals surface area contributed by atoms with Crippen LogP contribution in [-0.2, 0) is 14.8 Å². The minimum Gasteiger partial charge on any atom is -0.495 e. The van der Waals surface area contributed by atoms with Crippen molar-refractivity contribution < 1.29 is 17.9 Å². The van der Waals surface area contributed by atoms with E-state index in [9.17, 15) is 13.2 Å². The first-order valence-corrected chi connectivity index (χ1v) is 11.6. The molecule has 2 aromatic carbocycles. The summed E-state index contributed by atoms with van der Waals surface area (Å²) in [5, 5.41) is 2.61. The number of carbonyl (C=O) groups excluding carboxylic acids is 1. The molecule has 0 aromatic heterocycles. The number of hydrogen-bond donors (Lipinski definition) is 2. The largest absolute Gasteiger partial charge is 0.495 e. The van der Waals surface area contributed by atoms with Gasteiger partial charge < -0.3 is 10.1 Å². The molecule has 164 valence electrons. The summed E-state index contributed by atoms with van der Waals surface area (Å²) in [5.41, 5.74) is 2.46. The molecule has 6 nitrogen and oxygen atoms in total. The summed E-state index contributed by atoms with van der Waals surface area (Å²) >= 11 is 0. The number of nitrogens with one attached hydrogen (secondary N) is 2. The molecule has 2 rings (SSSR count). The van der Waals surface area contributed by atoms with Crippen LogP contribution in [0.15, 0.2) is 47.4 Å². The van der Waals surface area contributed by atoms with Crippen LogP contribution in [0.5, 0.6) is 5.75 Å². The first kappa shape index (κ1) is 23.9. The molecule has 30 heavy (non-hydrogen) atoms. The number of hydrogen-bond acceptors (Lipinski definition) is 4. The number of amides is 1. The second-order valence-electron chi connectivity index (χ2n) is 7.86. The van der Waals surface area contributed by atoms with E-state index < -0.39 is 10.0 Å². The van der Waals surface area contributed by atoms with Crippen molar-refractivity contribution in [1.82, 2.24) is 4.72 Å². The highest BCUT2D eigenvalue weighted by Crippen LogP contribution is 2.30. The fourth-order valence-electron chi connectivity index (χ4n) is 3.23. The Morgan fingerprint density at radius 2 is 1.63 bits per heavy atom. The van der Waals surface area contributed by atoms with Gasteiger partial charge in [0.25, 0.3) is 0 Å². The number of anilines is 1. The van der Waals surface area contributed by atoms with Gasteiger partial charge in [0.1, 0.15) is 5.75 Å².